The van der Waals surface area contributed by atoms with Gasteiger partial charge in [0.1, 0.15) is 0 Å². The van der Waals surface area contributed by atoms with Crippen molar-refractivity contribution in [2.45, 2.75) is 69.9 Å². The molecule has 0 spiro atoms. The number of pyridine rings is 1. The minimum Gasteiger partial charge on any atom is -0.335 e. The van der Waals surface area contributed by atoms with Gasteiger partial charge < -0.3 is 14.7 Å². The lowest BCUT2D eigenvalue weighted by atomic mass is 10.0. The fraction of sp³-hybridized carbons (Fsp3) is 0.650. The van der Waals surface area contributed by atoms with Crippen molar-refractivity contribution in [1.82, 2.24) is 20.4 Å². The third-order valence-corrected chi connectivity index (χ3v) is 6.15. The van der Waals surface area contributed by atoms with E-state index in [1.54, 1.807) is 0 Å². The molecule has 1 saturated carbocycles. The molecule has 3 fully saturated rings. The first-order chi connectivity index (χ1) is 12.6. The van der Waals surface area contributed by atoms with Crippen molar-refractivity contribution in [1.29, 1.82) is 0 Å². The first-order valence-electron chi connectivity index (χ1n) is 9.97. The molecule has 2 bridgehead atoms. The van der Waals surface area contributed by atoms with E-state index in [9.17, 15) is 4.79 Å². The van der Waals surface area contributed by atoms with E-state index in [0.29, 0.717) is 23.7 Å². The lowest BCUT2D eigenvalue weighted by Crippen LogP contribution is -2.42. The van der Waals surface area contributed by atoms with E-state index in [0.717, 1.165) is 67.5 Å². The number of hydrogen-bond donors (Lipinski definition) is 1. The molecule has 2 atom stereocenters. The standard InChI is InChI=1S/C20H26N4O2.ClH/c1-11(2)18-17-15(9-16(12-3-4-12)22-19(17)26-23-18)20(25)24-13-5-6-14(24)10-21-8-7-13;/h9,11-14,21H,3-8,10H2,1-2H3;1H. The molecule has 1 aliphatic carbocycles. The quantitative estimate of drug-likeness (QED) is 0.866. The molecule has 27 heavy (non-hydrogen) atoms. The second kappa shape index (κ2) is 7.06. The number of carbonyl (C=O) groups excluding carboxylic acids is 1. The first-order valence-corrected chi connectivity index (χ1v) is 9.97. The van der Waals surface area contributed by atoms with Crippen LogP contribution in [0.15, 0.2) is 10.6 Å². The maximum Gasteiger partial charge on any atom is 0.259 e. The topological polar surface area (TPSA) is 71.3 Å². The van der Waals surface area contributed by atoms with Crippen LogP contribution >= 0.6 is 12.4 Å². The Morgan fingerprint density at radius 2 is 2.00 bits per heavy atom. The molecule has 2 saturated heterocycles. The van der Waals surface area contributed by atoms with Gasteiger partial charge in [0.15, 0.2) is 0 Å². The summed E-state index contributed by atoms with van der Waals surface area (Å²) < 4.78 is 5.56. The molecule has 0 radical (unpaired) electrons. The van der Waals surface area contributed by atoms with Crippen LogP contribution in [0.4, 0.5) is 0 Å². The maximum absolute atomic E-state index is 13.7. The third kappa shape index (κ3) is 3.13. The Morgan fingerprint density at radius 3 is 2.74 bits per heavy atom. The summed E-state index contributed by atoms with van der Waals surface area (Å²) in [6.07, 6.45) is 5.54. The Kier molecular flexibility index (Phi) is 4.89. The predicted molar refractivity (Wildman–Crippen MR) is 106 cm³/mol. The molecule has 3 aliphatic rings. The molecule has 2 aliphatic heterocycles. The summed E-state index contributed by atoms with van der Waals surface area (Å²) in [6.45, 7) is 6.06. The Bertz CT molecular complexity index is 847. The highest BCUT2D eigenvalue weighted by Gasteiger charge is 2.40. The normalized spacial score (nSPS) is 24.9. The summed E-state index contributed by atoms with van der Waals surface area (Å²) >= 11 is 0. The van der Waals surface area contributed by atoms with Crippen molar-refractivity contribution in [2.24, 2.45) is 0 Å². The van der Waals surface area contributed by atoms with E-state index in [-0.39, 0.29) is 24.2 Å². The first kappa shape index (κ1) is 18.7. The van der Waals surface area contributed by atoms with Gasteiger partial charge in [-0.05, 0) is 50.6 Å². The van der Waals surface area contributed by atoms with Crippen molar-refractivity contribution < 1.29 is 9.32 Å². The number of amides is 1. The minimum atomic E-state index is 0. The highest BCUT2D eigenvalue weighted by molar-refractivity contribution is 6.06. The van der Waals surface area contributed by atoms with E-state index >= 15 is 0 Å². The smallest absolute Gasteiger partial charge is 0.259 e. The molecule has 2 aromatic rings. The molecule has 146 valence electrons. The molecule has 1 N–H and O–H groups in total. The molecule has 7 heteroatoms. The Morgan fingerprint density at radius 1 is 1.22 bits per heavy atom. The van der Waals surface area contributed by atoms with Gasteiger partial charge in [-0.2, -0.15) is 0 Å². The number of nitrogens with one attached hydrogen (secondary N) is 1. The monoisotopic (exact) mass is 390 g/mol. The van der Waals surface area contributed by atoms with Crippen molar-refractivity contribution >= 4 is 29.4 Å². The van der Waals surface area contributed by atoms with E-state index in [1.807, 2.05) is 6.07 Å². The second-order valence-electron chi connectivity index (χ2n) is 8.36. The fourth-order valence-electron chi connectivity index (χ4n) is 4.60. The number of halogens is 1. The fourth-order valence-corrected chi connectivity index (χ4v) is 4.60. The number of nitrogens with zero attached hydrogens (tertiary/aromatic N) is 3. The minimum absolute atomic E-state index is 0. The molecule has 0 aromatic carbocycles. The summed E-state index contributed by atoms with van der Waals surface area (Å²) in [6, 6.07) is 2.67. The van der Waals surface area contributed by atoms with Crippen molar-refractivity contribution in [2.75, 3.05) is 13.1 Å². The van der Waals surface area contributed by atoms with Crippen LogP contribution in [0.3, 0.4) is 0 Å². The van der Waals surface area contributed by atoms with Gasteiger partial charge in [0.2, 0.25) is 0 Å². The van der Waals surface area contributed by atoms with Crippen LogP contribution in [0.25, 0.3) is 11.1 Å². The zero-order valence-electron chi connectivity index (χ0n) is 15.9. The molecule has 4 heterocycles. The van der Waals surface area contributed by atoms with Gasteiger partial charge in [0.05, 0.1) is 16.6 Å². The van der Waals surface area contributed by atoms with Gasteiger partial charge in [-0.3, -0.25) is 4.79 Å². The molecular weight excluding hydrogens is 364 g/mol. The zero-order valence-corrected chi connectivity index (χ0v) is 16.7. The SMILES string of the molecule is CC(C)c1noc2nc(C3CC3)cc(C(=O)N3C4CCNCC3CC4)c12.Cl. The van der Waals surface area contributed by atoms with Gasteiger partial charge in [0.25, 0.3) is 11.6 Å². The van der Waals surface area contributed by atoms with Crippen LogP contribution in [0.5, 0.6) is 0 Å². The summed E-state index contributed by atoms with van der Waals surface area (Å²) in [7, 11) is 0. The van der Waals surface area contributed by atoms with Gasteiger partial charge >= 0.3 is 0 Å². The lowest BCUT2D eigenvalue weighted by molar-refractivity contribution is 0.0682. The van der Waals surface area contributed by atoms with Crippen molar-refractivity contribution in [3.63, 3.8) is 0 Å². The van der Waals surface area contributed by atoms with E-state index in [2.05, 4.69) is 34.2 Å². The number of aromatic nitrogens is 2. The Balaban J connectivity index is 0.00000180. The number of carbonyl (C=O) groups is 1. The predicted octanol–water partition coefficient (Wildman–Crippen LogP) is 3.61. The lowest BCUT2D eigenvalue weighted by Gasteiger charge is -2.28. The molecule has 1 amide bonds. The van der Waals surface area contributed by atoms with Crippen LogP contribution in [-0.4, -0.2) is 46.1 Å². The van der Waals surface area contributed by atoms with Gasteiger partial charge in [0, 0.05) is 30.2 Å². The highest BCUT2D eigenvalue weighted by Crippen LogP contribution is 2.41. The molecule has 6 nitrogen and oxygen atoms in total. The molecular formula is C20H27ClN4O2. The molecule has 5 rings (SSSR count). The molecule has 2 aromatic heterocycles. The van der Waals surface area contributed by atoms with E-state index < -0.39 is 0 Å². The Hall–Kier alpha value is -1.66. The van der Waals surface area contributed by atoms with E-state index in [1.165, 1.54) is 0 Å². The van der Waals surface area contributed by atoms with Crippen molar-refractivity contribution in [3.8, 4) is 0 Å². The maximum atomic E-state index is 13.7. The number of fused-ring (bicyclic) bond motifs is 3. The van der Waals surface area contributed by atoms with E-state index in [4.69, 9.17) is 4.52 Å². The third-order valence-electron chi connectivity index (χ3n) is 6.15. The van der Waals surface area contributed by atoms with Gasteiger partial charge in [-0.15, -0.1) is 12.4 Å². The average molecular weight is 391 g/mol. The van der Waals surface area contributed by atoms with Gasteiger partial charge in [-0.1, -0.05) is 19.0 Å². The van der Waals surface area contributed by atoms with Crippen LogP contribution in [0, 0.1) is 0 Å². The highest BCUT2D eigenvalue weighted by atomic mass is 35.5. The van der Waals surface area contributed by atoms with Crippen LogP contribution < -0.4 is 5.32 Å². The number of rotatable bonds is 3. The second-order valence-corrected chi connectivity index (χ2v) is 8.36. The summed E-state index contributed by atoms with van der Waals surface area (Å²) in [5, 5.41) is 8.56. The van der Waals surface area contributed by atoms with Crippen LogP contribution in [0.1, 0.15) is 79.5 Å². The Labute approximate surface area is 165 Å². The summed E-state index contributed by atoms with van der Waals surface area (Å²) in [5.41, 5.74) is 3.12. The number of hydrogen-bond acceptors (Lipinski definition) is 5. The van der Waals surface area contributed by atoms with Crippen LogP contribution in [-0.2, 0) is 0 Å². The van der Waals surface area contributed by atoms with Crippen LogP contribution in [0.2, 0.25) is 0 Å². The summed E-state index contributed by atoms with van der Waals surface area (Å²) in [4.78, 5) is 20.5. The molecule has 2 unspecified atom stereocenters. The van der Waals surface area contributed by atoms with Gasteiger partial charge in [-0.25, -0.2) is 4.98 Å². The largest absolute Gasteiger partial charge is 0.335 e. The summed E-state index contributed by atoms with van der Waals surface area (Å²) in [5.74, 6) is 0.806. The van der Waals surface area contributed by atoms with Crippen molar-refractivity contribution in [3.05, 3.63) is 23.0 Å². The zero-order chi connectivity index (χ0) is 17.8. The average Bonchev–Trinajstić information content (AvgIpc) is 3.29.